The van der Waals surface area contributed by atoms with Gasteiger partial charge in [0.1, 0.15) is 0 Å². The lowest BCUT2D eigenvalue weighted by Gasteiger charge is -2.54. The van der Waals surface area contributed by atoms with Crippen LogP contribution >= 0.6 is 11.1 Å². The predicted molar refractivity (Wildman–Crippen MR) is 96.8 cm³/mol. The molecule has 0 rings (SSSR count). The standard InChI is InChI=1S/C12H33ClOSi4/c1-12(2,15(3,4)5)18(13,17(9,10)11)14-16(6,7)8/h1-11H3. The molecule has 0 radical (unpaired) electrons. The molecule has 1 nitrogen and oxygen atoms in total. The molecule has 0 bridgehead atoms. The Bertz CT molecular complexity index is 299. The monoisotopic (exact) mass is 340 g/mol. The van der Waals surface area contributed by atoms with Crippen LogP contribution in [0.4, 0.5) is 0 Å². The van der Waals surface area contributed by atoms with Gasteiger partial charge in [0.05, 0.1) is 15.7 Å². The van der Waals surface area contributed by atoms with E-state index in [1.165, 1.54) is 0 Å². The Morgan fingerprint density at radius 3 is 1.28 bits per heavy atom. The zero-order valence-corrected chi connectivity index (χ0v) is 19.0. The quantitative estimate of drug-likeness (QED) is 0.468. The topological polar surface area (TPSA) is 9.23 Å². The summed E-state index contributed by atoms with van der Waals surface area (Å²) in [6.07, 6.45) is 0. The van der Waals surface area contributed by atoms with Crippen molar-refractivity contribution in [2.24, 2.45) is 0 Å². The van der Waals surface area contributed by atoms with E-state index in [0.29, 0.717) is 0 Å². The third-order valence-corrected chi connectivity index (χ3v) is 35.3. The maximum absolute atomic E-state index is 7.32. The Hall–Kier alpha value is 1.12. The third-order valence-electron chi connectivity index (χ3n) is 4.09. The maximum Gasteiger partial charge on any atom is 0.265 e. The molecule has 0 saturated carbocycles. The van der Waals surface area contributed by atoms with E-state index in [1.54, 1.807) is 0 Å². The highest BCUT2D eigenvalue weighted by Crippen LogP contribution is 2.52. The molecule has 6 heteroatoms. The first-order chi connectivity index (χ1) is 7.46. The van der Waals surface area contributed by atoms with Crippen molar-refractivity contribution in [3.63, 3.8) is 0 Å². The van der Waals surface area contributed by atoms with E-state index in [2.05, 4.69) is 72.8 Å². The van der Waals surface area contributed by atoms with E-state index >= 15 is 0 Å². The summed E-state index contributed by atoms with van der Waals surface area (Å²) in [7, 11) is -6.70. The van der Waals surface area contributed by atoms with Crippen LogP contribution in [0.15, 0.2) is 0 Å². The lowest BCUT2D eigenvalue weighted by atomic mass is 10.5. The SMILES string of the molecule is CC(C)([Si](C)(C)C)[Si](Cl)(O[Si](C)(C)C)[Si](C)(C)C. The van der Waals surface area contributed by atoms with Crippen molar-refractivity contribution in [3.8, 4) is 0 Å². The van der Waals surface area contributed by atoms with Crippen molar-refractivity contribution in [2.45, 2.75) is 77.4 Å². The molecule has 0 aromatic carbocycles. The number of hydrogen-bond acceptors (Lipinski definition) is 1. The summed E-state index contributed by atoms with van der Waals surface area (Å²) in [6.45, 7) is 26.1. The molecule has 0 aliphatic carbocycles. The molecule has 0 fully saturated rings. The van der Waals surface area contributed by atoms with Crippen molar-refractivity contribution in [1.29, 1.82) is 0 Å². The van der Waals surface area contributed by atoms with Gasteiger partial charge in [-0.05, 0) is 24.3 Å². The van der Waals surface area contributed by atoms with Crippen LogP contribution in [0.1, 0.15) is 13.8 Å². The summed E-state index contributed by atoms with van der Waals surface area (Å²) in [5.41, 5.74) is 0. The number of hydrogen-bond donors (Lipinski definition) is 0. The minimum Gasteiger partial charge on any atom is -0.447 e. The summed E-state index contributed by atoms with van der Waals surface area (Å²) in [5.74, 6) is 0. The van der Waals surface area contributed by atoms with Crippen LogP contribution < -0.4 is 0 Å². The fraction of sp³-hybridized carbons (Fsp3) is 1.00. The molecular formula is C12H33ClOSi4. The summed E-state index contributed by atoms with van der Waals surface area (Å²) in [6, 6.07) is 0. The van der Waals surface area contributed by atoms with Crippen LogP contribution in [-0.4, -0.2) is 31.1 Å². The van der Waals surface area contributed by atoms with Gasteiger partial charge in [-0.3, -0.25) is 0 Å². The van der Waals surface area contributed by atoms with Gasteiger partial charge >= 0.3 is 0 Å². The Kier molecular flexibility index (Phi) is 5.47. The summed E-state index contributed by atoms with van der Waals surface area (Å²) in [4.78, 5) is 0. The molecule has 18 heavy (non-hydrogen) atoms. The van der Waals surface area contributed by atoms with Crippen molar-refractivity contribution >= 4 is 42.2 Å². The molecule has 0 aliphatic rings. The highest BCUT2D eigenvalue weighted by Gasteiger charge is 2.62. The number of rotatable bonds is 5. The molecular weight excluding hydrogens is 308 g/mol. The third kappa shape index (κ3) is 3.82. The minimum atomic E-state index is -2.21. The average Bonchev–Trinajstić information content (AvgIpc) is 1.95. The first-order valence-electron chi connectivity index (χ1n) is 6.85. The molecule has 1 unspecified atom stereocenters. The maximum atomic E-state index is 7.32. The van der Waals surface area contributed by atoms with E-state index in [9.17, 15) is 0 Å². The van der Waals surface area contributed by atoms with Crippen molar-refractivity contribution < 1.29 is 4.12 Å². The molecule has 110 valence electrons. The van der Waals surface area contributed by atoms with Crippen LogP contribution in [0.5, 0.6) is 0 Å². The molecule has 0 amide bonds. The zero-order valence-electron chi connectivity index (χ0n) is 14.3. The van der Waals surface area contributed by atoms with Gasteiger partial charge in [0.25, 0.3) is 7.14 Å². The molecule has 0 spiro atoms. The summed E-state index contributed by atoms with van der Waals surface area (Å²) >= 11 is 7.32. The normalized spacial score (nSPS) is 18.7. The first-order valence-corrected chi connectivity index (χ1v) is 21.2. The largest absolute Gasteiger partial charge is 0.447 e. The van der Waals surface area contributed by atoms with Crippen molar-refractivity contribution in [1.82, 2.24) is 0 Å². The molecule has 0 aliphatic heterocycles. The summed E-state index contributed by atoms with van der Waals surface area (Å²) in [5, 5.41) is 0. The highest BCUT2D eigenvalue weighted by molar-refractivity contribution is 7.60. The van der Waals surface area contributed by atoms with Gasteiger partial charge in [-0.15, -0.1) is 11.1 Å². The van der Waals surface area contributed by atoms with Crippen molar-refractivity contribution in [3.05, 3.63) is 0 Å². The molecule has 1 atom stereocenters. The van der Waals surface area contributed by atoms with Gasteiger partial charge in [0.2, 0.25) is 0 Å². The zero-order chi connectivity index (χ0) is 15.2. The van der Waals surface area contributed by atoms with Crippen LogP contribution in [0, 0.1) is 0 Å². The van der Waals surface area contributed by atoms with Crippen molar-refractivity contribution in [2.75, 3.05) is 0 Å². The van der Waals surface area contributed by atoms with Gasteiger partial charge in [-0.1, -0.05) is 53.1 Å². The average molecular weight is 341 g/mol. The molecule has 0 saturated heterocycles. The Morgan fingerprint density at radius 1 is 0.778 bits per heavy atom. The van der Waals surface area contributed by atoms with E-state index < -0.39 is 31.1 Å². The molecule has 0 aromatic heterocycles. The number of halogens is 1. The van der Waals surface area contributed by atoms with E-state index in [4.69, 9.17) is 15.2 Å². The molecule has 0 aromatic rings. The predicted octanol–water partition coefficient (Wildman–Crippen LogP) is 5.59. The smallest absolute Gasteiger partial charge is 0.265 e. The fourth-order valence-electron chi connectivity index (χ4n) is 2.12. The second-order valence-electron chi connectivity index (χ2n) is 8.93. The summed E-state index contributed by atoms with van der Waals surface area (Å²) < 4.78 is 6.92. The van der Waals surface area contributed by atoms with Crippen LogP contribution in [0.2, 0.25) is 63.6 Å². The molecule has 0 heterocycles. The van der Waals surface area contributed by atoms with Gasteiger partial charge in [0, 0.05) is 0 Å². The Labute approximate surface area is 123 Å². The fourth-order valence-corrected chi connectivity index (χ4v) is 36.5. The molecule has 0 N–H and O–H groups in total. The Morgan fingerprint density at radius 2 is 1.11 bits per heavy atom. The van der Waals surface area contributed by atoms with Crippen LogP contribution in [-0.2, 0) is 4.12 Å². The van der Waals surface area contributed by atoms with Gasteiger partial charge in [-0.25, -0.2) is 0 Å². The lowest BCUT2D eigenvalue weighted by molar-refractivity contribution is 0.546. The van der Waals surface area contributed by atoms with Crippen LogP contribution in [0.25, 0.3) is 0 Å². The van der Waals surface area contributed by atoms with Crippen LogP contribution in [0.3, 0.4) is 0 Å². The second kappa shape index (κ2) is 5.15. The minimum absolute atomic E-state index is 0.201. The van der Waals surface area contributed by atoms with Gasteiger partial charge < -0.3 is 4.12 Å². The Balaban J connectivity index is 5.81. The lowest BCUT2D eigenvalue weighted by Crippen LogP contribution is -2.69. The second-order valence-corrected chi connectivity index (χ2v) is 36.3. The highest BCUT2D eigenvalue weighted by atomic mass is 35.6. The van der Waals surface area contributed by atoms with E-state index in [0.717, 1.165) is 0 Å². The van der Waals surface area contributed by atoms with Gasteiger partial charge in [0.15, 0.2) is 8.32 Å². The van der Waals surface area contributed by atoms with E-state index in [1.807, 2.05) is 0 Å². The first kappa shape index (κ1) is 19.1. The van der Waals surface area contributed by atoms with Gasteiger partial charge in [-0.2, -0.15) is 0 Å². The van der Waals surface area contributed by atoms with E-state index in [-0.39, 0.29) is 4.66 Å².